The lowest BCUT2D eigenvalue weighted by molar-refractivity contribution is 0.0933. The number of rotatable bonds is 8. The number of thioether (sulfide) groups is 1. The molecule has 1 N–H and O–H groups in total. The largest absolute Gasteiger partial charge is 0.497 e. The Morgan fingerprint density at radius 3 is 2.44 bits per heavy atom. The van der Waals surface area contributed by atoms with Crippen molar-refractivity contribution in [3.8, 4) is 5.75 Å². The van der Waals surface area contributed by atoms with Gasteiger partial charge in [-0.3, -0.25) is 9.78 Å². The summed E-state index contributed by atoms with van der Waals surface area (Å²) in [5, 5.41) is 4.18. The van der Waals surface area contributed by atoms with Crippen LogP contribution in [0.5, 0.6) is 5.75 Å². The van der Waals surface area contributed by atoms with Gasteiger partial charge in [-0.1, -0.05) is 61.7 Å². The van der Waals surface area contributed by atoms with E-state index in [-0.39, 0.29) is 5.91 Å². The first-order valence-electron chi connectivity index (χ1n) is 12.7. The smallest absolute Gasteiger partial charge is 0.251 e. The van der Waals surface area contributed by atoms with Gasteiger partial charge >= 0.3 is 0 Å². The van der Waals surface area contributed by atoms with Crippen LogP contribution in [0.15, 0.2) is 72.1 Å². The van der Waals surface area contributed by atoms with E-state index < -0.39 is 0 Å². The number of methoxy groups -OCH3 is 1. The molecule has 0 atom stereocenters. The third-order valence-electron chi connectivity index (χ3n) is 6.79. The molecule has 7 heteroatoms. The second-order valence-corrected chi connectivity index (χ2v) is 10.3. The first-order valence-corrected chi connectivity index (χ1v) is 13.6. The van der Waals surface area contributed by atoms with Crippen LogP contribution in [0, 0.1) is 0 Å². The van der Waals surface area contributed by atoms with Crippen molar-refractivity contribution in [2.24, 2.45) is 0 Å². The van der Waals surface area contributed by atoms with Crippen molar-refractivity contribution in [2.45, 2.75) is 62.0 Å². The van der Waals surface area contributed by atoms with Crippen LogP contribution < -0.4 is 10.1 Å². The molecular formula is C29H32N4O2S. The number of benzene rings is 2. The minimum atomic E-state index is 0.0369. The van der Waals surface area contributed by atoms with Gasteiger partial charge in [-0.25, -0.2) is 4.98 Å². The minimum absolute atomic E-state index is 0.0369. The maximum absolute atomic E-state index is 12.7. The Hall–Kier alpha value is -3.32. The number of carbonyl (C=O) groups excluding carboxylic acids is 1. The highest BCUT2D eigenvalue weighted by molar-refractivity contribution is 7.98. The minimum Gasteiger partial charge on any atom is -0.497 e. The maximum Gasteiger partial charge on any atom is 0.251 e. The summed E-state index contributed by atoms with van der Waals surface area (Å²) in [6, 6.07) is 18.3. The molecule has 1 saturated carbocycles. The zero-order valence-corrected chi connectivity index (χ0v) is 21.5. The second kappa shape index (κ2) is 11.6. The number of ether oxygens (including phenoxy) is 1. The van der Waals surface area contributed by atoms with Crippen LogP contribution in [0.1, 0.15) is 60.0 Å². The fourth-order valence-electron chi connectivity index (χ4n) is 4.72. The van der Waals surface area contributed by atoms with Crippen molar-refractivity contribution >= 4 is 28.7 Å². The highest BCUT2D eigenvalue weighted by Crippen LogP contribution is 2.28. The number of hydrogen-bond acceptors (Lipinski definition) is 5. The first kappa shape index (κ1) is 24.4. The lowest BCUT2D eigenvalue weighted by atomic mass is 10.1. The monoisotopic (exact) mass is 500 g/mol. The molecule has 1 aliphatic rings. The summed E-state index contributed by atoms with van der Waals surface area (Å²) in [4.78, 5) is 21.9. The third kappa shape index (κ3) is 5.90. The SMILES string of the molecule is COc1ccc(Cn2c(SCc3ccc(C(=O)NC4CCCCCC4)cc3)nc3ccncc32)cc1. The fraction of sp³-hybridized carbons (Fsp3) is 0.345. The van der Waals surface area contributed by atoms with Gasteiger partial charge in [-0.15, -0.1) is 0 Å². The number of nitrogens with zero attached hydrogens (tertiary/aromatic N) is 3. The molecule has 6 nitrogen and oxygen atoms in total. The molecule has 0 unspecified atom stereocenters. The van der Waals surface area contributed by atoms with Crippen LogP contribution in [0.3, 0.4) is 0 Å². The summed E-state index contributed by atoms with van der Waals surface area (Å²) in [6.07, 6.45) is 10.8. The van der Waals surface area contributed by atoms with Gasteiger partial charge in [0.2, 0.25) is 0 Å². The van der Waals surface area contributed by atoms with Crippen molar-refractivity contribution < 1.29 is 9.53 Å². The molecule has 36 heavy (non-hydrogen) atoms. The van der Waals surface area contributed by atoms with Gasteiger partial charge in [-0.05, 0) is 54.3 Å². The molecule has 5 rings (SSSR count). The molecule has 186 valence electrons. The van der Waals surface area contributed by atoms with E-state index in [2.05, 4.69) is 27.0 Å². The molecule has 0 saturated heterocycles. The molecule has 1 amide bonds. The highest BCUT2D eigenvalue weighted by atomic mass is 32.2. The van der Waals surface area contributed by atoms with Gasteiger partial charge in [0.15, 0.2) is 5.16 Å². The molecule has 1 aliphatic carbocycles. The van der Waals surface area contributed by atoms with E-state index in [0.29, 0.717) is 12.6 Å². The molecule has 0 aliphatic heterocycles. The quantitative estimate of drug-likeness (QED) is 0.229. The number of nitrogens with one attached hydrogen (secondary N) is 1. The van der Waals surface area contributed by atoms with Crippen LogP contribution in [0.4, 0.5) is 0 Å². The lowest BCUT2D eigenvalue weighted by Gasteiger charge is -2.16. The van der Waals surface area contributed by atoms with E-state index in [9.17, 15) is 4.79 Å². The Morgan fingerprint density at radius 1 is 1.00 bits per heavy atom. The second-order valence-electron chi connectivity index (χ2n) is 9.34. The molecule has 0 bridgehead atoms. The summed E-state index contributed by atoms with van der Waals surface area (Å²) >= 11 is 1.70. The molecule has 2 aromatic heterocycles. The van der Waals surface area contributed by atoms with Crippen LogP contribution in [0.25, 0.3) is 11.0 Å². The standard InChI is InChI=1S/C29H32N4O2S/c1-35-25-14-10-21(11-15-25)19-33-27-18-30-17-16-26(27)32-29(33)36-20-22-8-12-23(13-9-22)28(34)31-24-6-4-2-3-5-7-24/h8-18,24H,2-7,19-20H2,1H3,(H,31,34). The Bertz CT molecular complexity index is 1290. The van der Waals surface area contributed by atoms with E-state index in [1.165, 1.54) is 31.2 Å². The Kier molecular flexibility index (Phi) is 7.86. The molecular weight excluding hydrogens is 468 g/mol. The number of hydrogen-bond donors (Lipinski definition) is 1. The molecule has 2 heterocycles. The zero-order valence-electron chi connectivity index (χ0n) is 20.7. The van der Waals surface area contributed by atoms with Crippen molar-refractivity contribution in [3.63, 3.8) is 0 Å². The van der Waals surface area contributed by atoms with E-state index in [0.717, 1.165) is 51.7 Å². The molecule has 4 aromatic rings. The van der Waals surface area contributed by atoms with Crippen molar-refractivity contribution in [1.82, 2.24) is 19.9 Å². The topological polar surface area (TPSA) is 69.0 Å². The van der Waals surface area contributed by atoms with Crippen molar-refractivity contribution in [2.75, 3.05) is 7.11 Å². The first-order chi connectivity index (χ1) is 17.7. The van der Waals surface area contributed by atoms with Gasteiger partial charge in [0.05, 0.1) is 30.9 Å². The fourth-order valence-corrected chi connectivity index (χ4v) is 5.69. The highest BCUT2D eigenvalue weighted by Gasteiger charge is 2.16. The number of pyridine rings is 1. The average Bonchev–Trinajstić information content (AvgIpc) is 3.06. The van der Waals surface area contributed by atoms with Gasteiger partial charge in [0.25, 0.3) is 5.91 Å². The molecule has 0 radical (unpaired) electrons. The van der Waals surface area contributed by atoms with Gasteiger partial charge < -0.3 is 14.6 Å². The van der Waals surface area contributed by atoms with Gasteiger partial charge in [0, 0.05) is 23.6 Å². The molecule has 0 spiro atoms. The summed E-state index contributed by atoms with van der Waals surface area (Å²) in [5.41, 5.74) is 5.01. The summed E-state index contributed by atoms with van der Waals surface area (Å²) in [7, 11) is 1.68. The maximum atomic E-state index is 12.7. The Balaban J connectivity index is 1.26. The molecule has 1 fully saturated rings. The number of fused-ring (bicyclic) bond motifs is 1. The van der Waals surface area contributed by atoms with E-state index in [1.54, 1.807) is 25.1 Å². The van der Waals surface area contributed by atoms with Gasteiger partial charge in [-0.2, -0.15) is 0 Å². The van der Waals surface area contributed by atoms with Gasteiger partial charge in [0.1, 0.15) is 5.75 Å². The number of aromatic nitrogens is 3. The predicted molar refractivity (Wildman–Crippen MR) is 145 cm³/mol. The van der Waals surface area contributed by atoms with Crippen LogP contribution >= 0.6 is 11.8 Å². The number of amides is 1. The molecule has 2 aromatic carbocycles. The zero-order chi connectivity index (χ0) is 24.7. The van der Waals surface area contributed by atoms with Crippen LogP contribution in [-0.2, 0) is 12.3 Å². The predicted octanol–water partition coefficient (Wildman–Crippen LogP) is 6.23. The number of carbonyl (C=O) groups is 1. The lowest BCUT2D eigenvalue weighted by Crippen LogP contribution is -2.34. The Labute approximate surface area is 216 Å². The average molecular weight is 501 g/mol. The van der Waals surface area contributed by atoms with Crippen LogP contribution in [-0.4, -0.2) is 33.6 Å². The van der Waals surface area contributed by atoms with E-state index >= 15 is 0 Å². The Morgan fingerprint density at radius 2 is 1.72 bits per heavy atom. The number of imidazole rings is 1. The van der Waals surface area contributed by atoms with Crippen LogP contribution in [0.2, 0.25) is 0 Å². The van der Waals surface area contributed by atoms with E-state index in [4.69, 9.17) is 9.72 Å². The summed E-state index contributed by atoms with van der Waals surface area (Å²) in [5.74, 6) is 1.65. The van der Waals surface area contributed by atoms with Crippen molar-refractivity contribution in [1.29, 1.82) is 0 Å². The normalized spacial score (nSPS) is 14.5. The third-order valence-corrected chi connectivity index (χ3v) is 7.84. The van der Waals surface area contributed by atoms with E-state index in [1.807, 2.05) is 48.7 Å². The summed E-state index contributed by atoms with van der Waals surface area (Å²) < 4.78 is 7.51. The van der Waals surface area contributed by atoms with Crippen molar-refractivity contribution in [3.05, 3.63) is 83.7 Å². The summed E-state index contributed by atoms with van der Waals surface area (Å²) in [6.45, 7) is 0.703.